The van der Waals surface area contributed by atoms with Gasteiger partial charge >= 0.3 is 0 Å². The molecule has 1 unspecified atom stereocenters. The van der Waals surface area contributed by atoms with Gasteiger partial charge in [-0.05, 0) is 44.4 Å². The van der Waals surface area contributed by atoms with Gasteiger partial charge in [-0.1, -0.05) is 13.8 Å². The zero-order valence-electron chi connectivity index (χ0n) is 13.1. The van der Waals surface area contributed by atoms with Crippen LogP contribution >= 0.6 is 0 Å². The van der Waals surface area contributed by atoms with Crippen molar-refractivity contribution in [3.8, 4) is 0 Å². The van der Waals surface area contributed by atoms with E-state index in [1.165, 1.54) is 19.3 Å². The third-order valence-corrected chi connectivity index (χ3v) is 4.68. The maximum atomic E-state index is 4.76. The number of hydrogen-bond donors (Lipinski definition) is 2. The van der Waals surface area contributed by atoms with Crippen LogP contribution < -0.4 is 10.6 Å². The zero-order chi connectivity index (χ0) is 14.3. The lowest BCUT2D eigenvalue weighted by molar-refractivity contribution is 0.572. The van der Waals surface area contributed by atoms with Gasteiger partial charge in [-0.15, -0.1) is 0 Å². The lowest BCUT2D eigenvalue weighted by Crippen LogP contribution is -2.13. The van der Waals surface area contributed by atoms with Crippen molar-refractivity contribution in [2.75, 3.05) is 23.7 Å². The van der Waals surface area contributed by atoms with Crippen LogP contribution in [0.3, 0.4) is 0 Å². The molecule has 0 spiro atoms. The van der Waals surface area contributed by atoms with Gasteiger partial charge in [0.1, 0.15) is 17.5 Å². The van der Waals surface area contributed by atoms with Crippen molar-refractivity contribution in [1.29, 1.82) is 0 Å². The molecule has 1 atom stereocenters. The van der Waals surface area contributed by atoms with Crippen molar-refractivity contribution >= 4 is 11.6 Å². The van der Waals surface area contributed by atoms with Gasteiger partial charge in [0.05, 0.1) is 0 Å². The molecule has 1 aromatic rings. The fourth-order valence-corrected chi connectivity index (χ4v) is 2.71. The van der Waals surface area contributed by atoms with E-state index < -0.39 is 0 Å². The Hall–Kier alpha value is -1.32. The van der Waals surface area contributed by atoms with E-state index in [9.17, 15) is 0 Å². The second kappa shape index (κ2) is 4.90. The first-order chi connectivity index (χ1) is 9.51. The molecule has 0 aliphatic heterocycles. The van der Waals surface area contributed by atoms with Gasteiger partial charge in [-0.25, -0.2) is 9.97 Å². The van der Waals surface area contributed by atoms with Crippen LogP contribution in [0, 0.1) is 18.3 Å². The van der Waals surface area contributed by atoms with Gasteiger partial charge < -0.3 is 10.6 Å². The van der Waals surface area contributed by atoms with Crippen LogP contribution in [0.25, 0.3) is 0 Å². The van der Waals surface area contributed by atoms with E-state index in [1.54, 1.807) is 0 Å². The molecule has 4 nitrogen and oxygen atoms in total. The Balaban J connectivity index is 1.77. The molecule has 0 aromatic carbocycles. The lowest BCUT2D eigenvalue weighted by atomic mass is 10.1. The van der Waals surface area contributed by atoms with Crippen molar-refractivity contribution in [3.63, 3.8) is 0 Å². The Kier molecular flexibility index (Phi) is 3.35. The number of nitrogens with zero attached hydrogens (tertiary/aromatic N) is 2. The molecule has 0 amide bonds. The Morgan fingerprint density at radius 3 is 2.25 bits per heavy atom. The van der Waals surface area contributed by atoms with Gasteiger partial charge in [0.25, 0.3) is 0 Å². The fourth-order valence-electron chi connectivity index (χ4n) is 2.71. The Morgan fingerprint density at radius 2 is 1.75 bits per heavy atom. The first kappa shape index (κ1) is 13.7. The summed E-state index contributed by atoms with van der Waals surface area (Å²) < 4.78 is 0. The molecule has 1 heterocycles. The quantitative estimate of drug-likeness (QED) is 0.833. The van der Waals surface area contributed by atoms with Gasteiger partial charge in [0.15, 0.2) is 0 Å². The molecule has 4 heteroatoms. The Labute approximate surface area is 121 Å². The number of rotatable bonds is 6. The largest absolute Gasteiger partial charge is 0.370 e. The van der Waals surface area contributed by atoms with Crippen LogP contribution in [-0.2, 0) is 0 Å². The second-order valence-corrected chi connectivity index (χ2v) is 6.98. The first-order valence-corrected chi connectivity index (χ1v) is 7.87. The van der Waals surface area contributed by atoms with Crippen molar-refractivity contribution in [2.24, 2.45) is 11.3 Å². The highest BCUT2D eigenvalue weighted by Crippen LogP contribution is 2.51. The van der Waals surface area contributed by atoms with Crippen LogP contribution in [0.4, 0.5) is 11.6 Å². The molecule has 0 radical (unpaired) electrons. The van der Waals surface area contributed by atoms with Gasteiger partial charge in [0, 0.05) is 24.6 Å². The molecule has 1 aromatic heterocycles. The predicted octanol–water partition coefficient (Wildman–Crippen LogP) is 3.55. The maximum absolute atomic E-state index is 4.76. The van der Waals surface area contributed by atoms with Crippen molar-refractivity contribution in [3.05, 3.63) is 11.4 Å². The highest BCUT2D eigenvalue weighted by Gasteiger charge is 2.45. The van der Waals surface area contributed by atoms with Crippen LogP contribution in [0.15, 0.2) is 0 Å². The van der Waals surface area contributed by atoms with E-state index >= 15 is 0 Å². The van der Waals surface area contributed by atoms with Gasteiger partial charge in [0.2, 0.25) is 0 Å². The number of nitrogens with one attached hydrogen (secondary N) is 2. The minimum atomic E-state index is 0.512. The predicted molar refractivity (Wildman–Crippen MR) is 83.3 cm³/mol. The second-order valence-electron chi connectivity index (χ2n) is 6.98. The standard InChI is InChI=1S/C16H26N4/c1-5-17-13-10(2)14(18-9-12-8-16(12,3)4)20-15(19-13)11-6-7-11/h11-12H,5-9H2,1-4H3,(H2,17,18,19,20). The summed E-state index contributed by atoms with van der Waals surface area (Å²) in [6, 6.07) is 0. The fraction of sp³-hybridized carbons (Fsp3) is 0.750. The monoisotopic (exact) mass is 274 g/mol. The molecule has 3 rings (SSSR count). The summed E-state index contributed by atoms with van der Waals surface area (Å²) in [6.45, 7) is 10.8. The van der Waals surface area contributed by atoms with Gasteiger partial charge in [-0.3, -0.25) is 0 Å². The normalized spacial score (nSPS) is 23.5. The van der Waals surface area contributed by atoms with E-state index in [1.807, 2.05) is 0 Å². The lowest BCUT2D eigenvalue weighted by Gasteiger charge is -2.15. The number of hydrogen-bond acceptors (Lipinski definition) is 4. The van der Waals surface area contributed by atoms with E-state index in [0.29, 0.717) is 11.3 Å². The molecule has 20 heavy (non-hydrogen) atoms. The summed E-state index contributed by atoms with van der Waals surface area (Å²) in [6.07, 6.45) is 3.80. The molecular weight excluding hydrogens is 248 g/mol. The topological polar surface area (TPSA) is 49.8 Å². The molecule has 2 saturated carbocycles. The van der Waals surface area contributed by atoms with Crippen LogP contribution in [0.5, 0.6) is 0 Å². The third-order valence-electron chi connectivity index (χ3n) is 4.68. The Bertz CT molecular complexity index is 505. The summed E-state index contributed by atoms with van der Waals surface area (Å²) in [4.78, 5) is 9.46. The summed E-state index contributed by atoms with van der Waals surface area (Å²) in [5.41, 5.74) is 1.66. The van der Waals surface area contributed by atoms with Crippen molar-refractivity contribution in [2.45, 2.75) is 52.9 Å². The third kappa shape index (κ3) is 2.74. The van der Waals surface area contributed by atoms with E-state index in [4.69, 9.17) is 9.97 Å². The molecule has 110 valence electrons. The first-order valence-electron chi connectivity index (χ1n) is 7.87. The molecule has 2 N–H and O–H groups in total. The van der Waals surface area contributed by atoms with E-state index in [-0.39, 0.29) is 0 Å². The molecule has 2 fully saturated rings. The molecule has 0 bridgehead atoms. The average Bonchev–Trinajstić information content (AvgIpc) is 3.28. The van der Waals surface area contributed by atoms with Crippen LogP contribution in [-0.4, -0.2) is 23.1 Å². The molecule has 2 aliphatic carbocycles. The van der Waals surface area contributed by atoms with Crippen molar-refractivity contribution < 1.29 is 0 Å². The molecule has 0 saturated heterocycles. The van der Waals surface area contributed by atoms with E-state index in [2.05, 4.69) is 38.3 Å². The average molecular weight is 274 g/mol. The summed E-state index contributed by atoms with van der Waals surface area (Å²) in [5, 5.41) is 6.93. The van der Waals surface area contributed by atoms with E-state index in [0.717, 1.165) is 42.0 Å². The highest BCUT2D eigenvalue weighted by molar-refractivity contribution is 5.57. The van der Waals surface area contributed by atoms with Crippen LogP contribution in [0.1, 0.15) is 57.3 Å². The molecular formula is C16H26N4. The summed E-state index contributed by atoms with van der Waals surface area (Å²) in [7, 11) is 0. The zero-order valence-corrected chi connectivity index (χ0v) is 13.1. The maximum Gasteiger partial charge on any atom is 0.136 e. The summed E-state index contributed by atoms with van der Waals surface area (Å²) in [5.74, 6) is 4.42. The smallest absolute Gasteiger partial charge is 0.136 e. The summed E-state index contributed by atoms with van der Waals surface area (Å²) >= 11 is 0. The number of anilines is 2. The van der Waals surface area contributed by atoms with Crippen LogP contribution in [0.2, 0.25) is 0 Å². The SMILES string of the molecule is CCNc1nc(C2CC2)nc(NCC2CC2(C)C)c1C. The van der Waals surface area contributed by atoms with Crippen molar-refractivity contribution in [1.82, 2.24) is 9.97 Å². The Morgan fingerprint density at radius 1 is 1.15 bits per heavy atom. The van der Waals surface area contributed by atoms with Gasteiger partial charge in [-0.2, -0.15) is 0 Å². The number of aromatic nitrogens is 2. The minimum absolute atomic E-state index is 0.512. The molecule has 2 aliphatic rings. The minimum Gasteiger partial charge on any atom is -0.370 e. The highest BCUT2D eigenvalue weighted by atomic mass is 15.1.